The fraction of sp³-hybridized carbons (Fsp3) is 0.571. The lowest BCUT2D eigenvalue weighted by Crippen LogP contribution is -2.27. The van der Waals surface area contributed by atoms with Gasteiger partial charge in [0.2, 0.25) is 6.79 Å². The van der Waals surface area contributed by atoms with Gasteiger partial charge in [0.25, 0.3) is 0 Å². The van der Waals surface area contributed by atoms with E-state index < -0.39 is 0 Å². The minimum Gasteiger partial charge on any atom is -0.454 e. The van der Waals surface area contributed by atoms with Crippen LogP contribution in [0.4, 0.5) is 0 Å². The van der Waals surface area contributed by atoms with Crippen molar-refractivity contribution in [1.82, 2.24) is 4.90 Å². The highest BCUT2D eigenvalue weighted by molar-refractivity contribution is 5.45. The van der Waals surface area contributed by atoms with Gasteiger partial charge in [-0.1, -0.05) is 6.07 Å². The van der Waals surface area contributed by atoms with E-state index in [0.717, 1.165) is 24.5 Å². The zero-order valence-electron chi connectivity index (χ0n) is 10.6. The van der Waals surface area contributed by atoms with Crippen LogP contribution in [0.1, 0.15) is 30.9 Å². The van der Waals surface area contributed by atoms with Gasteiger partial charge in [-0.05, 0) is 56.6 Å². The summed E-state index contributed by atoms with van der Waals surface area (Å²) in [5.74, 6) is 1.72. The Bertz CT molecular complexity index is 416. The molecule has 0 amide bonds. The van der Waals surface area contributed by atoms with Gasteiger partial charge in [0.1, 0.15) is 0 Å². The Kier molecular flexibility index (Phi) is 3.39. The third kappa shape index (κ3) is 2.18. The van der Waals surface area contributed by atoms with Gasteiger partial charge >= 0.3 is 0 Å². The molecule has 18 heavy (non-hydrogen) atoms. The molecule has 1 fully saturated rings. The zero-order chi connectivity index (χ0) is 12.4. The first-order chi connectivity index (χ1) is 8.88. The molecule has 0 aliphatic carbocycles. The van der Waals surface area contributed by atoms with Crippen LogP contribution in [0.2, 0.25) is 0 Å². The lowest BCUT2D eigenvalue weighted by Gasteiger charge is -2.27. The van der Waals surface area contributed by atoms with Crippen molar-refractivity contribution in [2.45, 2.75) is 25.3 Å². The van der Waals surface area contributed by atoms with Crippen LogP contribution in [0.3, 0.4) is 0 Å². The van der Waals surface area contributed by atoms with Gasteiger partial charge in [0.15, 0.2) is 11.5 Å². The molecule has 1 aromatic carbocycles. The minimum atomic E-state index is 0.337. The van der Waals surface area contributed by atoms with Crippen LogP contribution in [-0.4, -0.2) is 31.3 Å². The molecule has 2 aliphatic rings. The van der Waals surface area contributed by atoms with Crippen LogP contribution in [0.15, 0.2) is 18.2 Å². The van der Waals surface area contributed by atoms with Crippen LogP contribution in [0.25, 0.3) is 0 Å². The van der Waals surface area contributed by atoms with Crippen LogP contribution in [-0.2, 0) is 0 Å². The highest BCUT2D eigenvalue weighted by Crippen LogP contribution is 2.37. The van der Waals surface area contributed by atoms with Crippen LogP contribution < -0.4 is 15.2 Å². The van der Waals surface area contributed by atoms with E-state index >= 15 is 0 Å². The van der Waals surface area contributed by atoms with Gasteiger partial charge in [-0.3, -0.25) is 4.90 Å². The Hall–Kier alpha value is -1.26. The third-order valence-electron chi connectivity index (χ3n) is 3.80. The maximum atomic E-state index is 5.76. The quantitative estimate of drug-likeness (QED) is 0.884. The molecular weight excluding hydrogens is 228 g/mol. The minimum absolute atomic E-state index is 0.337. The average molecular weight is 248 g/mol. The molecule has 1 saturated heterocycles. The molecule has 0 saturated carbocycles. The Morgan fingerprint density at radius 2 is 1.94 bits per heavy atom. The smallest absolute Gasteiger partial charge is 0.231 e. The highest BCUT2D eigenvalue weighted by Gasteiger charge is 2.24. The Morgan fingerprint density at radius 1 is 1.17 bits per heavy atom. The summed E-state index contributed by atoms with van der Waals surface area (Å²) in [6, 6.07) is 6.69. The maximum absolute atomic E-state index is 5.76. The number of nitrogens with zero attached hydrogens (tertiary/aromatic N) is 1. The molecule has 98 valence electrons. The van der Waals surface area contributed by atoms with Crippen molar-refractivity contribution in [3.8, 4) is 11.5 Å². The molecular formula is C14H20N2O2. The fourth-order valence-electron chi connectivity index (χ4n) is 2.89. The van der Waals surface area contributed by atoms with Crippen molar-refractivity contribution in [2.24, 2.45) is 5.73 Å². The summed E-state index contributed by atoms with van der Waals surface area (Å²) in [4.78, 5) is 2.53. The topological polar surface area (TPSA) is 47.7 Å². The summed E-state index contributed by atoms with van der Waals surface area (Å²) in [5.41, 5.74) is 7.06. The summed E-state index contributed by atoms with van der Waals surface area (Å²) in [5, 5.41) is 0. The molecule has 1 atom stereocenters. The lowest BCUT2D eigenvalue weighted by atomic mass is 10.0. The molecule has 0 radical (unpaired) electrons. The van der Waals surface area contributed by atoms with Crippen molar-refractivity contribution in [1.29, 1.82) is 0 Å². The largest absolute Gasteiger partial charge is 0.454 e. The van der Waals surface area contributed by atoms with E-state index in [1.807, 2.05) is 6.07 Å². The summed E-state index contributed by atoms with van der Waals surface area (Å²) < 4.78 is 10.8. The molecule has 2 N–H and O–H groups in total. The number of likely N-dealkylation sites (tertiary alicyclic amines) is 1. The van der Waals surface area contributed by atoms with Crippen molar-refractivity contribution >= 4 is 0 Å². The molecule has 4 heteroatoms. The maximum Gasteiger partial charge on any atom is 0.231 e. The first kappa shape index (κ1) is 11.8. The Morgan fingerprint density at radius 3 is 2.72 bits per heavy atom. The van der Waals surface area contributed by atoms with Crippen LogP contribution in [0.5, 0.6) is 11.5 Å². The van der Waals surface area contributed by atoms with Gasteiger partial charge < -0.3 is 15.2 Å². The van der Waals surface area contributed by atoms with E-state index in [-0.39, 0.29) is 0 Å². The second-order valence-corrected chi connectivity index (χ2v) is 4.95. The van der Waals surface area contributed by atoms with E-state index in [2.05, 4.69) is 17.0 Å². The molecule has 2 aliphatic heterocycles. The molecule has 1 aromatic rings. The van der Waals surface area contributed by atoms with Crippen LogP contribution in [0, 0.1) is 0 Å². The molecule has 0 spiro atoms. The number of hydrogen-bond acceptors (Lipinski definition) is 4. The molecule has 0 bridgehead atoms. The fourth-order valence-corrected chi connectivity index (χ4v) is 2.89. The summed E-state index contributed by atoms with van der Waals surface area (Å²) in [6.45, 7) is 3.41. The normalized spacial score (nSPS) is 20.3. The summed E-state index contributed by atoms with van der Waals surface area (Å²) in [7, 11) is 0. The molecule has 2 heterocycles. The molecule has 3 rings (SSSR count). The monoisotopic (exact) mass is 248 g/mol. The van der Waals surface area contributed by atoms with Gasteiger partial charge in [0.05, 0.1) is 0 Å². The van der Waals surface area contributed by atoms with Crippen molar-refractivity contribution in [3.05, 3.63) is 23.8 Å². The third-order valence-corrected chi connectivity index (χ3v) is 3.80. The predicted molar refractivity (Wildman–Crippen MR) is 69.8 cm³/mol. The van der Waals surface area contributed by atoms with Gasteiger partial charge in [-0.2, -0.15) is 0 Å². The van der Waals surface area contributed by atoms with Gasteiger partial charge in [0, 0.05) is 6.04 Å². The van der Waals surface area contributed by atoms with Crippen molar-refractivity contribution in [2.75, 3.05) is 26.4 Å². The molecule has 4 nitrogen and oxygen atoms in total. The number of fused-ring (bicyclic) bond motifs is 1. The van der Waals surface area contributed by atoms with Crippen molar-refractivity contribution < 1.29 is 9.47 Å². The summed E-state index contributed by atoms with van der Waals surface area (Å²) in [6.07, 6.45) is 3.59. The Labute approximate surface area is 108 Å². The number of rotatable bonds is 4. The van der Waals surface area contributed by atoms with Gasteiger partial charge in [-0.25, -0.2) is 0 Å². The van der Waals surface area contributed by atoms with E-state index in [9.17, 15) is 0 Å². The van der Waals surface area contributed by atoms with E-state index in [1.54, 1.807) is 0 Å². The van der Waals surface area contributed by atoms with Gasteiger partial charge in [-0.15, -0.1) is 0 Å². The predicted octanol–water partition coefficient (Wildman–Crippen LogP) is 1.90. The number of nitrogens with two attached hydrogens (primary N) is 1. The van der Waals surface area contributed by atoms with E-state index in [0.29, 0.717) is 12.8 Å². The lowest BCUT2D eigenvalue weighted by molar-refractivity contribution is 0.173. The zero-order valence-corrected chi connectivity index (χ0v) is 10.6. The number of benzene rings is 1. The summed E-state index contributed by atoms with van der Waals surface area (Å²) >= 11 is 0. The number of ether oxygens (including phenoxy) is 2. The molecule has 1 unspecified atom stereocenters. The molecule has 0 aromatic heterocycles. The Balaban J connectivity index is 1.84. The van der Waals surface area contributed by atoms with Crippen molar-refractivity contribution in [3.63, 3.8) is 0 Å². The SMILES string of the molecule is NCCC(c1ccc2c(c1)OCO2)N1CCCC1. The average Bonchev–Trinajstić information content (AvgIpc) is 3.05. The number of hydrogen-bond donors (Lipinski definition) is 1. The van der Waals surface area contributed by atoms with Crippen LogP contribution >= 0.6 is 0 Å². The standard InChI is InChI=1S/C14H20N2O2/c15-6-5-12(16-7-1-2-8-16)11-3-4-13-14(9-11)18-10-17-13/h3-4,9,12H,1-2,5-8,10,15H2. The van der Waals surface area contributed by atoms with E-state index in [1.165, 1.54) is 31.5 Å². The second-order valence-electron chi connectivity index (χ2n) is 4.95. The first-order valence-corrected chi connectivity index (χ1v) is 6.72. The second kappa shape index (κ2) is 5.16. The highest BCUT2D eigenvalue weighted by atomic mass is 16.7. The van der Waals surface area contributed by atoms with E-state index in [4.69, 9.17) is 15.2 Å². The first-order valence-electron chi connectivity index (χ1n) is 6.72.